The van der Waals surface area contributed by atoms with Crippen LogP contribution in [0, 0.1) is 0 Å². The zero-order valence-corrected chi connectivity index (χ0v) is 14.2. The fraction of sp³-hybridized carbons (Fsp3) is 0.556. The van der Waals surface area contributed by atoms with E-state index in [0.717, 1.165) is 36.6 Å². The molecule has 2 heterocycles. The van der Waals surface area contributed by atoms with Gasteiger partial charge in [0.25, 0.3) is 0 Å². The van der Waals surface area contributed by atoms with Gasteiger partial charge in [-0.1, -0.05) is 12.1 Å². The Morgan fingerprint density at radius 2 is 1.96 bits per heavy atom. The number of aliphatic imine (C=N–C) groups is 1. The molecule has 2 aliphatic rings. The monoisotopic (exact) mass is 315 g/mol. The van der Waals surface area contributed by atoms with E-state index >= 15 is 0 Å². The minimum atomic E-state index is -0.288. The van der Waals surface area contributed by atoms with E-state index in [1.807, 2.05) is 36.1 Å². The Bertz CT molecular complexity index is 618. The van der Waals surface area contributed by atoms with Gasteiger partial charge in [0.05, 0.1) is 31.1 Å². The molecule has 0 saturated carbocycles. The van der Waals surface area contributed by atoms with Gasteiger partial charge < -0.3 is 9.64 Å². The van der Waals surface area contributed by atoms with E-state index in [1.54, 1.807) is 0 Å². The van der Waals surface area contributed by atoms with Crippen LogP contribution in [0.25, 0.3) is 0 Å². The summed E-state index contributed by atoms with van der Waals surface area (Å²) >= 11 is 0. The lowest BCUT2D eigenvalue weighted by Crippen LogP contribution is -2.53. The summed E-state index contributed by atoms with van der Waals surface area (Å²) in [6, 6.07) is 7.92. The van der Waals surface area contributed by atoms with E-state index in [1.165, 1.54) is 0 Å². The first-order valence-electron chi connectivity index (χ1n) is 8.24. The highest BCUT2D eigenvalue weighted by molar-refractivity contribution is 6.02. The molecule has 1 amide bonds. The molecule has 5 heteroatoms. The molecule has 0 bridgehead atoms. The van der Waals surface area contributed by atoms with Crippen LogP contribution in [0.3, 0.4) is 0 Å². The van der Waals surface area contributed by atoms with E-state index in [0.29, 0.717) is 19.8 Å². The van der Waals surface area contributed by atoms with E-state index < -0.39 is 0 Å². The van der Waals surface area contributed by atoms with Crippen LogP contribution in [0.2, 0.25) is 0 Å². The van der Waals surface area contributed by atoms with Crippen molar-refractivity contribution in [1.82, 2.24) is 4.90 Å². The number of carbonyl (C=O) groups excluding carboxylic acids is 1. The fourth-order valence-corrected chi connectivity index (χ4v) is 3.52. The molecule has 0 N–H and O–H groups in total. The maximum absolute atomic E-state index is 13.1. The summed E-state index contributed by atoms with van der Waals surface area (Å²) < 4.78 is 5.37. The maximum Gasteiger partial charge on any atom is 0.241 e. The second-order valence-corrected chi connectivity index (χ2v) is 6.94. The zero-order valence-electron chi connectivity index (χ0n) is 14.2. The molecular formula is C18H25N3O2. The summed E-state index contributed by atoms with van der Waals surface area (Å²) in [6.45, 7) is 9.74. The minimum absolute atomic E-state index is 0.134. The van der Waals surface area contributed by atoms with Gasteiger partial charge in [-0.25, -0.2) is 0 Å². The van der Waals surface area contributed by atoms with E-state index in [2.05, 4.69) is 18.7 Å². The number of rotatable bonds is 2. The summed E-state index contributed by atoms with van der Waals surface area (Å²) in [4.78, 5) is 21.9. The number of amides is 1. The van der Waals surface area contributed by atoms with Gasteiger partial charge in [-0.3, -0.25) is 14.7 Å². The van der Waals surface area contributed by atoms with Gasteiger partial charge in [0.1, 0.15) is 0 Å². The van der Waals surface area contributed by atoms with E-state index in [-0.39, 0.29) is 11.4 Å². The van der Waals surface area contributed by atoms with Crippen molar-refractivity contribution in [2.45, 2.75) is 32.7 Å². The van der Waals surface area contributed by atoms with Crippen LogP contribution in [0.1, 0.15) is 27.2 Å². The summed E-state index contributed by atoms with van der Waals surface area (Å²) in [6.07, 6.45) is 0.774. The number of nitrogens with zero attached hydrogens (tertiary/aromatic N) is 3. The molecule has 124 valence electrons. The molecule has 23 heavy (non-hydrogen) atoms. The number of hydrogen-bond acceptors (Lipinski definition) is 4. The smallest absolute Gasteiger partial charge is 0.241 e. The van der Waals surface area contributed by atoms with Crippen molar-refractivity contribution in [2.75, 3.05) is 37.7 Å². The van der Waals surface area contributed by atoms with Crippen molar-refractivity contribution in [3.05, 3.63) is 24.3 Å². The molecule has 0 radical (unpaired) electrons. The predicted octanol–water partition coefficient (Wildman–Crippen LogP) is 2.63. The van der Waals surface area contributed by atoms with Gasteiger partial charge in [-0.05, 0) is 32.9 Å². The van der Waals surface area contributed by atoms with Crippen LogP contribution in [0.4, 0.5) is 11.4 Å². The van der Waals surface area contributed by atoms with Crippen molar-refractivity contribution < 1.29 is 9.53 Å². The second kappa shape index (κ2) is 6.42. The molecule has 1 aromatic rings. The van der Waals surface area contributed by atoms with Crippen LogP contribution < -0.4 is 4.90 Å². The van der Waals surface area contributed by atoms with Crippen molar-refractivity contribution in [3.63, 3.8) is 0 Å². The van der Waals surface area contributed by atoms with Crippen molar-refractivity contribution in [3.8, 4) is 0 Å². The average molecular weight is 315 g/mol. The highest BCUT2D eigenvalue weighted by atomic mass is 16.5. The first-order valence-corrected chi connectivity index (χ1v) is 8.24. The number of para-hydroxylation sites is 2. The Morgan fingerprint density at radius 3 is 2.70 bits per heavy atom. The number of ether oxygens (including phenoxy) is 1. The molecule has 5 nitrogen and oxygen atoms in total. The van der Waals surface area contributed by atoms with Gasteiger partial charge in [-0.2, -0.15) is 0 Å². The predicted molar refractivity (Wildman–Crippen MR) is 92.7 cm³/mol. The number of fused-ring (bicyclic) bond motifs is 1. The fourth-order valence-electron chi connectivity index (χ4n) is 3.52. The van der Waals surface area contributed by atoms with Gasteiger partial charge >= 0.3 is 0 Å². The summed E-state index contributed by atoms with van der Waals surface area (Å²) in [5.74, 6) is 0.134. The lowest BCUT2D eigenvalue weighted by Gasteiger charge is -2.39. The Hall–Kier alpha value is -1.72. The zero-order chi connectivity index (χ0) is 16.4. The van der Waals surface area contributed by atoms with Gasteiger partial charge in [0.2, 0.25) is 5.91 Å². The SMILES string of the molecule is CC1=Nc2ccccc2N(C(=O)CN2CCOCC2)C(C)(C)C1. The molecule has 0 aromatic heterocycles. The summed E-state index contributed by atoms with van der Waals surface area (Å²) in [5, 5.41) is 0. The molecule has 0 spiro atoms. The number of carbonyl (C=O) groups is 1. The molecule has 2 aliphatic heterocycles. The Kier molecular flexibility index (Phi) is 4.50. The molecule has 3 rings (SSSR count). The largest absolute Gasteiger partial charge is 0.379 e. The topological polar surface area (TPSA) is 45.1 Å². The van der Waals surface area contributed by atoms with Crippen LogP contribution in [0.15, 0.2) is 29.3 Å². The van der Waals surface area contributed by atoms with E-state index in [4.69, 9.17) is 9.73 Å². The molecule has 1 fully saturated rings. The Morgan fingerprint density at radius 1 is 1.26 bits per heavy atom. The van der Waals surface area contributed by atoms with Gasteiger partial charge in [0.15, 0.2) is 0 Å². The third kappa shape index (κ3) is 3.46. The summed E-state index contributed by atoms with van der Waals surface area (Å²) in [7, 11) is 0. The second-order valence-electron chi connectivity index (χ2n) is 6.94. The van der Waals surface area contributed by atoms with Crippen LogP contribution in [-0.2, 0) is 9.53 Å². The highest BCUT2D eigenvalue weighted by Crippen LogP contribution is 2.38. The minimum Gasteiger partial charge on any atom is -0.379 e. The molecular weight excluding hydrogens is 290 g/mol. The number of benzene rings is 1. The normalized spacial score (nSPS) is 21.3. The average Bonchev–Trinajstić information content (AvgIpc) is 2.59. The van der Waals surface area contributed by atoms with Gasteiger partial charge in [-0.15, -0.1) is 0 Å². The maximum atomic E-state index is 13.1. The summed E-state index contributed by atoms with van der Waals surface area (Å²) in [5.41, 5.74) is 2.56. The Labute approximate surface area is 137 Å². The molecule has 0 unspecified atom stereocenters. The molecule has 0 aliphatic carbocycles. The standard InChI is InChI=1S/C18H25N3O2/c1-14-12-18(2,3)21(16-7-5-4-6-15(16)19-14)17(22)13-20-8-10-23-11-9-20/h4-7H,8-13H2,1-3H3. The number of anilines is 1. The number of hydrogen-bond donors (Lipinski definition) is 0. The van der Waals surface area contributed by atoms with Crippen LogP contribution in [-0.4, -0.2) is 54.9 Å². The first-order chi connectivity index (χ1) is 11.0. The van der Waals surface area contributed by atoms with Crippen molar-refractivity contribution >= 4 is 23.0 Å². The lowest BCUT2D eigenvalue weighted by atomic mass is 9.95. The first kappa shape index (κ1) is 16.1. The highest BCUT2D eigenvalue weighted by Gasteiger charge is 2.36. The molecule has 1 saturated heterocycles. The van der Waals surface area contributed by atoms with Crippen molar-refractivity contribution in [1.29, 1.82) is 0 Å². The number of morpholine rings is 1. The quantitative estimate of drug-likeness (QED) is 0.843. The lowest BCUT2D eigenvalue weighted by molar-refractivity contribution is -0.121. The Balaban J connectivity index is 1.91. The van der Waals surface area contributed by atoms with E-state index in [9.17, 15) is 4.79 Å². The van der Waals surface area contributed by atoms with Gasteiger partial charge in [0, 0.05) is 30.8 Å². The van der Waals surface area contributed by atoms with Crippen LogP contribution in [0.5, 0.6) is 0 Å². The third-order valence-electron chi connectivity index (χ3n) is 4.44. The third-order valence-corrected chi connectivity index (χ3v) is 4.44. The van der Waals surface area contributed by atoms with Crippen LogP contribution >= 0.6 is 0 Å². The van der Waals surface area contributed by atoms with Crippen molar-refractivity contribution in [2.24, 2.45) is 4.99 Å². The molecule has 0 atom stereocenters. The molecule has 1 aromatic carbocycles.